The van der Waals surface area contributed by atoms with Gasteiger partial charge in [0.1, 0.15) is 5.92 Å². The molecule has 5 heterocycles. The summed E-state index contributed by atoms with van der Waals surface area (Å²) in [6.45, 7) is 14.3. The Morgan fingerprint density at radius 1 is 1.11 bits per heavy atom. The fourth-order valence-electron chi connectivity index (χ4n) is 7.34. The van der Waals surface area contributed by atoms with E-state index in [0.29, 0.717) is 29.0 Å². The molecular formula is C35H38N4O5. The van der Waals surface area contributed by atoms with Crippen molar-refractivity contribution < 1.29 is 24.2 Å². The van der Waals surface area contributed by atoms with Crippen LogP contribution in [0.25, 0.3) is 24.3 Å². The zero-order valence-electron chi connectivity index (χ0n) is 26.0. The summed E-state index contributed by atoms with van der Waals surface area (Å²) in [6, 6.07) is -0.406. The van der Waals surface area contributed by atoms with Gasteiger partial charge in [0.2, 0.25) is 0 Å². The lowest BCUT2D eigenvalue weighted by atomic mass is 9.85. The molecule has 4 unspecified atom stereocenters. The number of carbonyl (C=O) groups excluding carboxylic acids is 2. The Balaban J connectivity index is 1.71. The van der Waals surface area contributed by atoms with Gasteiger partial charge in [-0.1, -0.05) is 26.5 Å². The summed E-state index contributed by atoms with van der Waals surface area (Å²) in [5.74, 6) is -3.46. The van der Waals surface area contributed by atoms with E-state index >= 15 is 0 Å². The van der Waals surface area contributed by atoms with E-state index in [4.69, 9.17) is 9.73 Å². The van der Waals surface area contributed by atoms with E-state index < -0.39 is 23.9 Å². The second-order valence-corrected chi connectivity index (χ2v) is 12.1. The highest BCUT2D eigenvalue weighted by atomic mass is 16.5. The molecule has 1 saturated carbocycles. The van der Waals surface area contributed by atoms with E-state index in [1.165, 1.54) is 12.7 Å². The van der Waals surface area contributed by atoms with Crippen LogP contribution in [0.2, 0.25) is 0 Å². The number of aliphatic carboxylic acids is 1. The minimum Gasteiger partial charge on any atom is -0.481 e. The smallest absolute Gasteiger partial charge is 0.321 e. The van der Waals surface area contributed by atoms with E-state index in [0.717, 1.165) is 56.5 Å². The Morgan fingerprint density at radius 3 is 2.52 bits per heavy atom. The number of fused-ring (bicyclic) bond motifs is 7. The maximum atomic E-state index is 14.0. The van der Waals surface area contributed by atoms with Crippen molar-refractivity contribution in [1.82, 2.24) is 15.3 Å². The fraction of sp³-hybridized carbons (Fsp3) is 0.371. The molecule has 4 N–H and O–H groups in total. The number of carboxylic acid groups (broad SMARTS) is 1. The summed E-state index contributed by atoms with van der Waals surface area (Å²) >= 11 is 0. The summed E-state index contributed by atoms with van der Waals surface area (Å²) < 4.78 is 5.14. The summed E-state index contributed by atoms with van der Waals surface area (Å²) in [5.41, 5.74) is 9.89. The molecule has 9 nitrogen and oxygen atoms in total. The number of ether oxygens (including phenoxy) is 1. The standard InChI is InChI=1S/C35H38N4O5/c1-8-19-15(3)22-12-24-17(5)21(10-11-28(40)41)32(38-24)30-31(35(43)44-7)34(42)29-18(6)25(39-33(29)30)14-27-20(9-2)16(4)23(37-27)13-26(19)36-22/h8,12-14,17,21,25,31,36-38H,1,9-11H2,2-7H3,(H,40,41). The Bertz CT molecular complexity index is 1910. The quantitative estimate of drug-likeness (QED) is 0.298. The average molecular weight is 595 g/mol. The number of rotatable bonds is 6. The highest BCUT2D eigenvalue weighted by molar-refractivity contribution is 6.42. The molecule has 6 rings (SSSR count). The molecule has 0 amide bonds. The number of hydrogen-bond donors (Lipinski definition) is 4. The van der Waals surface area contributed by atoms with Crippen molar-refractivity contribution in [2.75, 3.05) is 7.11 Å². The maximum absolute atomic E-state index is 14.0. The van der Waals surface area contributed by atoms with Gasteiger partial charge in [-0.15, -0.1) is 0 Å². The number of allylic oxidation sites excluding steroid dienone is 3. The molecule has 0 spiro atoms. The number of hydrogen-bond acceptors (Lipinski definition) is 6. The third-order valence-electron chi connectivity index (χ3n) is 9.82. The number of nitrogens with zero attached hydrogens (tertiary/aromatic N) is 1. The molecular weight excluding hydrogens is 556 g/mol. The lowest BCUT2D eigenvalue weighted by molar-refractivity contribution is -0.146. The van der Waals surface area contributed by atoms with Crippen LogP contribution in [0, 0.1) is 31.6 Å². The minimum absolute atomic E-state index is 0.0580. The summed E-state index contributed by atoms with van der Waals surface area (Å²) in [7, 11) is 1.28. The van der Waals surface area contributed by atoms with E-state index in [-0.39, 0.29) is 24.0 Å². The van der Waals surface area contributed by atoms with Crippen molar-refractivity contribution in [1.29, 1.82) is 0 Å². The van der Waals surface area contributed by atoms with Crippen LogP contribution < -0.4 is 16.0 Å². The predicted molar refractivity (Wildman–Crippen MR) is 170 cm³/mol. The van der Waals surface area contributed by atoms with E-state index in [1.807, 2.05) is 32.9 Å². The van der Waals surface area contributed by atoms with Crippen LogP contribution in [-0.2, 0) is 25.5 Å². The molecule has 4 aliphatic rings. The van der Waals surface area contributed by atoms with Crippen LogP contribution in [0.1, 0.15) is 67.3 Å². The molecule has 44 heavy (non-hydrogen) atoms. The largest absolute Gasteiger partial charge is 0.481 e. The van der Waals surface area contributed by atoms with Crippen LogP contribution in [0.4, 0.5) is 0 Å². The second kappa shape index (κ2) is 10.8. The van der Waals surface area contributed by atoms with Crippen molar-refractivity contribution in [3.05, 3.63) is 79.0 Å². The molecule has 1 aliphatic carbocycles. The number of nitrogens with one attached hydrogen (secondary N) is 3. The number of methoxy groups -OCH3 is 1. The molecule has 0 aromatic carbocycles. The molecule has 4 atom stereocenters. The zero-order valence-corrected chi connectivity index (χ0v) is 26.0. The molecule has 2 aromatic heterocycles. The maximum Gasteiger partial charge on any atom is 0.321 e. The van der Waals surface area contributed by atoms with Gasteiger partial charge in [-0.3, -0.25) is 19.4 Å². The van der Waals surface area contributed by atoms with Crippen molar-refractivity contribution in [3.8, 4) is 0 Å². The predicted octanol–water partition coefficient (Wildman–Crippen LogP) is 3.61. The number of H-pyrrole nitrogens is 2. The third kappa shape index (κ3) is 4.36. The van der Waals surface area contributed by atoms with Gasteiger partial charge in [0, 0.05) is 68.4 Å². The van der Waals surface area contributed by atoms with Crippen LogP contribution in [0.5, 0.6) is 0 Å². The molecule has 228 valence electrons. The zero-order chi connectivity index (χ0) is 31.6. The molecule has 1 saturated heterocycles. The molecule has 0 radical (unpaired) electrons. The highest BCUT2D eigenvalue weighted by Gasteiger charge is 2.52. The summed E-state index contributed by atoms with van der Waals surface area (Å²) in [4.78, 5) is 51.2. The van der Waals surface area contributed by atoms with Crippen LogP contribution in [0.15, 0.2) is 39.7 Å². The number of aromatic amines is 2. The number of esters is 1. The van der Waals surface area contributed by atoms with E-state index in [9.17, 15) is 19.5 Å². The number of aromatic nitrogens is 2. The Kier molecular flexibility index (Phi) is 7.22. The minimum atomic E-state index is -1.17. The van der Waals surface area contributed by atoms with E-state index in [1.54, 1.807) is 0 Å². The van der Waals surface area contributed by atoms with Crippen LogP contribution in [-0.4, -0.2) is 51.7 Å². The first-order valence-corrected chi connectivity index (χ1v) is 15.1. The van der Waals surface area contributed by atoms with Gasteiger partial charge in [-0.25, -0.2) is 0 Å². The number of carbonyl (C=O) groups is 3. The van der Waals surface area contributed by atoms with Gasteiger partial charge in [0.15, 0.2) is 5.78 Å². The van der Waals surface area contributed by atoms with Gasteiger partial charge >= 0.3 is 11.9 Å². The normalized spacial score (nSPS) is 23.6. The number of ketones is 1. The van der Waals surface area contributed by atoms with Gasteiger partial charge < -0.3 is 25.1 Å². The number of Topliss-reactive ketones (excluding diaryl/α,β-unsaturated/α-hetero) is 1. The molecule has 2 fully saturated rings. The Labute approximate surface area is 255 Å². The fourth-order valence-corrected chi connectivity index (χ4v) is 7.34. The van der Waals surface area contributed by atoms with Gasteiger partial charge in [0.05, 0.1) is 18.9 Å². The molecule has 9 heteroatoms. The van der Waals surface area contributed by atoms with Crippen LogP contribution in [0.3, 0.4) is 0 Å². The monoisotopic (exact) mass is 594 g/mol. The van der Waals surface area contributed by atoms with Gasteiger partial charge in [-0.05, 0) is 74.1 Å². The van der Waals surface area contributed by atoms with Gasteiger partial charge in [0.25, 0.3) is 0 Å². The lowest BCUT2D eigenvalue weighted by Crippen LogP contribution is -2.27. The number of carboxylic acids is 1. The number of aliphatic imine (C=N–C) groups is 1. The first-order valence-electron chi connectivity index (χ1n) is 15.1. The van der Waals surface area contributed by atoms with Crippen molar-refractivity contribution in [2.45, 2.75) is 59.9 Å². The van der Waals surface area contributed by atoms with Crippen molar-refractivity contribution in [2.24, 2.45) is 22.7 Å². The summed E-state index contributed by atoms with van der Waals surface area (Å²) in [5, 5.41) is 15.1. The SMILES string of the molecule is C=Cc1c2[nH]c(c1C)C=C1NC(=C3C4=NC(C=c5[nH]c(c(C)c5CC)=C2)C(C)=C4C(=O)C3C(=O)OC)C(CCC(=O)O)C1C. The second-order valence-electron chi connectivity index (χ2n) is 12.1. The molecule has 2 aromatic rings. The highest BCUT2D eigenvalue weighted by Crippen LogP contribution is 2.46. The Hall–Kier alpha value is -4.66. The van der Waals surface area contributed by atoms with Crippen molar-refractivity contribution >= 4 is 47.7 Å². The first-order chi connectivity index (χ1) is 21.0. The first kappa shape index (κ1) is 29.4. The topological polar surface area (TPSA) is 137 Å². The van der Waals surface area contributed by atoms with Crippen LogP contribution >= 0.6 is 0 Å². The molecule has 8 bridgehead atoms. The van der Waals surface area contributed by atoms with Crippen molar-refractivity contribution in [3.63, 3.8) is 0 Å². The summed E-state index contributed by atoms with van der Waals surface area (Å²) in [6.07, 6.45) is 9.14. The van der Waals surface area contributed by atoms with E-state index in [2.05, 4.69) is 47.9 Å². The third-order valence-corrected chi connectivity index (χ3v) is 9.82. The average Bonchev–Trinajstić information content (AvgIpc) is 3.72. The Morgan fingerprint density at radius 2 is 1.86 bits per heavy atom. The van der Waals surface area contributed by atoms with Gasteiger partial charge in [-0.2, -0.15) is 0 Å². The lowest BCUT2D eigenvalue weighted by Gasteiger charge is -2.19. The molecule has 3 aliphatic heterocycles.